The van der Waals surface area contributed by atoms with E-state index < -0.39 is 0 Å². The summed E-state index contributed by atoms with van der Waals surface area (Å²) in [5.74, 6) is 0.0626. The smallest absolute Gasteiger partial charge is 0.153 e. The van der Waals surface area contributed by atoms with Gasteiger partial charge in [0.1, 0.15) is 0 Å². The highest BCUT2D eigenvalue weighted by Gasteiger charge is 2.14. The lowest BCUT2D eigenvalue weighted by atomic mass is 10.0. The Bertz CT molecular complexity index is 376. The molecule has 1 unspecified atom stereocenters. The molecule has 0 heterocycles. The number of nitrogens with two attached hydrogens (primary N) is 1. The molecule has 0 amide bonds. The van der Waals surface area contributed by atoms with Gasteiger partial charge in [-0.25, -0.2) is 0 Å². The van der Waals surface area contributed by atoms with Gasteiger partial charge in [-0.15, -0.1) is 0 Å². The lowest BCUT2D eigenvalue weighted by Gasteiger charge is -2.10. The molecule has 0 saturated heterocycles. The van der Waals surface area contributed by atoms with Gasteiger partial charge in [-0.2, -0.15) is 0 Å². The second-order valence-electron chi connectivity index (χ2n) is 4.13. The maximum absolute atomic E-state index is 11.8. The Morgan fingerprint density at radius 2 is 2.19 bits per heavy atom. The maximum Gasteiger partial charge on any atom is 0.153 e. The lowest BCUT2D eigenvalue weighted by Crippen LogP contribution is -2.31. The molecule has 2 nitrogen and oxygen atoms in total. The van der Waals surface area contributed by atoms with Crippen LogP contribution >= 0.6 is 11.6 Å². The molecule has 0 saturated carbocycles. The largest absolute Gasteiger partial charge is 0.321 e. The fourth-order valence-electron chi connectivity index (χ4n) is 1.59. The summed E-state index contributed by atoms with van der Waals surface area (Å²) in [6.45, 7) is 3.99. The molecule has 0 bridgehead atoms. The highest BCUT2D eigenvalue weighted by molar-refractivity contribution is 6.31. The highest BCUT2D eigenvalue weighted by Crippen LogP contribution is 2.18. The van der Waals surface area contributed by atoms with E-state index in [-0.39, 0.29) is 11.8 Å². The topological polar surface area (TPSA) is 43.1 Å². The number of hydrogen-bond acceptors (Lipinski definition) is 2. The summed E-state index contributed by atoms with van der Waals surface area (Å²) < 4.78 is 0. The van der Waals surface area contributed by atoms with Crippen molar-refractivity contribution >= 4 is 17.4 Å². The van der Waals surface area contributed by atoms with Crippen molar-refractivity contribution in [3.63, 3.8) is 0 Å². The number of halogens is 1. The van der Waals surface area contributed by atoms with E-state index in [1.54, 1.807) is 0 Å². The monoisotopic (exact) mass is 239 g/mol. The average Bonchev–Trinajstić information content (AvgIpc) is 2.22. The van der Waals surface area contributed by atoms with E-state index in [4.69, 9.17) is 17.3 Å². The normalized spacial score (nSPS) is 12.5. The van der Waals surface area contributed by atoms with Gasteiger partial charge in [0.25, 0.3) is 0 Å². The summed E-state index contributed by atoms with van der Waals surface area (Å²) in [6.07, 6.45) is 2.00. The Hall–Kier alpha value is -0.860. The number of rotatable bonds is 5. The summed E-state index contributed by atoms with van der Waals surface area (Å²) in [6, 6.07) is 5.37. The average molecular weight is 240 g/mol. The second-order valence-corrected chi connectivity index (χ2v) is 4.54. The Kier molecular flexibility index (Phi) is 4.97. The third kappa shape index (κ3) is 3.62. The van der Waals surface area contributed by atoms with E-state index in [1.165, 1.54) is 0 Å². The number of carbonyl (C=O) groups excluding carboxylic acids is 1. The van der Waals surface area contributed by atoms with Gasteiger partial charge in [-0.3, -0.25) is 4.79 Å². The molecule has 16 heavy (non-hydrogen) atoms. The number of aryl methyl sites for hydroxylation is 1. The van der Waals surface area contributed by atoms with Crippen molar-refractivity contribution in [1.29, 1.82) is 0 Å². The van der Waals surface area contributed by atoms with Crippen molar-refractivity contribution < 1.29 is 4.79 Å². The van der Waals surface area contributed by atoms with E-state index in [9.17, 15) is 4.79 Å². The van der Waals surface area contributed by atoms with Crippen molar-refractivity contribution in [2.75, 3.05) is 0 Å². The third-order valence-electron chi connectivity index (χ3n) is 2.59. The van der Waals surface area contributed by atoms with E-state index in [0.29, 0.717) is 11.4 Å². The molecule has 0 aromatic heterocycles. The molecule has 2 N–H and O–H groups in total. The summed E-state index contributed by atoms with van der Waals surface area (Å²) in [5.41, 5.74) is 7.72. The summed E-state index contributed by atoms with van der Waals surface area (Å²) in [4.78, 5) is 11.8. The second kappa shape index (κ2) is 6.02. The third-order valence-corrected chi connectivity index (χ3v) is 2.94. The molecule has 3 heteroatoms. The number of ketones is 1. The molecule has 0 aliphatic rings. The zero-order valence-electron chi connectivity index (χ0n) is 9.79. The van der Waals surface area contributed by atoms with E-state index in [0.717, 1.165) is 24.0 Å². The minimum absolute atomic E-state index is 0.0626. The van der Waals surface area contributed by atoms with Gasteiger partial charge >= 0.3 is 0 Å². The van der Waals surface area contributed by atoms with Crippen LogP contribution in [0.3, 0.4) is 0 Å². The van der Waals surface area contributed by atoms with Crippen molar-refractivity contribution in [2.24, 2.45) is 5.73 Å². The quantitative estimate of drug-likeness (QED) is 0.859. The van der Waals surface area contributed by atoms with Crippen LogP contribution in [-0.2, 0) is 11.2 Å². The van der Waals surface area contributed by atoms with Crippen LogP contribution in [0.2, 0.25) is 5.02 Å². The fourth-order valence-corrected chi connectivity index (χ4v) is 1.89. The van der Waals surface area contributed by atoms with Gasteiger partial charge in [-0.1, -0.05) is 37.1 Å². The molecule has 0 aliphatic heterocycles. The summed E-state index contributed by atoms with van der Waals surface area (Å²) in [7, 11) is 0. The van der Waals surface area contributed by atoms with Crippen LogP contribution in [-0.4, -0.2) is 11.8 Å². The van der Waals surface area contributed by atoms with E-state index >= 15 is 0 Å². The predicted octanol–water partition coefficient (Wildman–Crippen LogP) is 2.89. The standard InChI is InChI=1S/C13H18ClNO/c1-3-4-12(15)13(16)8-10-6-5-9(2)7-11(10)14/h5-7,12H,3-4,8,15H2,1-2H3. The van der Waals surface area contributed by atoms with Crippen LogP contribution in [0.1, 0.15) is 30.9 Å². The van der Waals surface area contributed by atoms with Gasteiger partial charge in [0.15, 0.2) is 5.78 Å². The number of carbonyl (C=O) groups is 1. The molecular formula is C13H18ClNO. The first-order valence-corrected chi connectivity index (χ1v) is 5.95. The first kappa shape index (κ1) is 13.2. The fraction of sp³-hybridized carbons (Fsp3) is 0.462. The molecule has 0 radical (unpaired) electrons. The predicted molar refractivity (Wildman–Crippen MR) is 67.8 cm³/mol. The molecular weight excluding hydrogens is 222 g/mol. The maximum atomic E-state index is 11.8. The first-order chi connectivity index (χ1) is 7.54. The summed E-state index contributed by atoms with van der Waals surface area (Å²) >= 11 is 6.06. The Balaban J connectivity index is 2.69. The molecule has 1 rings (SSSR count). The summed E-state index contributed by atoms with van der Waals surface area (Å²) in [5, 5.41) is 0.650. The zero-order chi connectivity index (χ0) is 12.1. The Labute approximate surface area is 102 Å². The molecule has 0 fully saturated rings. The van der Waals surface area contributed by atoms with Crippen molar-refractivity contribution in [3.05, 3.63) is 34.3 Å². The van der Waals surface area contributed by atoms with Gasteiger partial charge in [0, 0.05) is 11.4 Å². The molecule has 1 aromatic rings. The van der Waals surface area contributed by atoms with Gasteiger partial charge in [-0.05, 0) is 30.5 Å². The molecule has 1 atom stereocenters. The van der Waals surface area contributed by atoms with Crippen LogP contribution in [0.5, 0.6) is 0 Å². The molecule has 0 spiro atoms. The SMILES string of the molecule is CCCC(N)C(=O)Cc1ccc(C)cc1Cl. The van der Waals surface area contributed by atoms with Gasteiger partial charge in [0.2, 0.25) is 0 Å². The molecule has 0 aliphatic carbocycles. The van der Waals surface area contributed by atoms with Crippen molar-refractivity contribution in [1.82, 2.24) is 0 Å². The van der Waals surface area contributed by atoms with Crippen LogP contribution in [0.15, 0.2) is 18.2 Å². The van der Waals surface area contributed by atoms with E-state index in [2.05, 4.69) is 0 Å². The Morgan fingerprint density at radius 3 is 2.75 bits per heavy atom. The van der Waals surface area contributed by atoms with E-state index in [1.807, 2.05) is 32.0 Å². The number of benzene rings is 1. The molecule has 88 valence electrons. The van der Waals surface area contributed by atoms with Gasteiger partial charge < -0.3 is 5.73 Å². The van der Waals surface area contributed by atoms with Gasteiger partial charge in [0.05, 0.1) is 6.04 Å². The minimum atomic E-state index is -0.359. The minimum Gasteiger partial charge on any atom is -0.321 e. The number of hydrogen-bond donors (Lipinski definition) is 1. The van der Waals surface area contributed by atoms with Crippen LogP contribution in [0, 0.1) is 6.92 Å². The van der Waals surface area contributed by atoms with Crippen LogP contribution in [0.4, 0.5) is 0 Å². The van der Waals surface area contributed by atoms with Crippen molar-refractivity contribution in [3.8, 4) is 0 Å². The van der Waals surface area contributed by atoms with Crippen LogP contribution < -0.4 is 5.73 Å². The molecule has 1 aromatic carbocycles. The first-order valence-electron chi connectivity index (χ1n) is 5.58. The Morgan fingerprint density at radius 1 is 1.50 bits per heavy atom. The number of Topliss-reactive ketones (excluding diaryl/α,β-unsaturated/α-hetero) is 1. The lowest BCUT2D eigenvalue weighted by molar-refractivity contribution is -0.119. The zero-order valence-corrected chi connectivity index (χ0v) is 10.6. The van der Waals surface area contributed by atoms with Crippen LogP contribution in [0.25, 0.3) is 0 Å². The highest BCUT2D eigenvalue weighted by atomic mass is 35.5. The van der Waals surface area contributed by atoms with Crippen molar-refractivity contribution in [2.45, 2.75) is 39.2 Å².